The highest BCUT2D eigenvalue weighted by Gasteiger charge is 2.16. The van der Waals surface area contributed by atoms with E-state index in [4.69, 9.17) is 19.2 Å². The molecule has 30 heavy (non-hydrogen) atoms. The zero-order valence-electron chi connectivity index (χ0n) is 17.2. The molecule has 7 nitrogen and oxygen atoms in total. The average molecular weight is 428 g/mol. The average Bonchev–Trinajstić information content (AvgIpc) is 2.79. The van der Waals surface area contributed by atoms with Gasteiger partial charge in [0.2, 0.25) is 0 Å². The van der Waals surface area contributed by atoms with Crippen LogP contribution in [0.25, 0.3) is 16.6 Å². The van der Waals surface area contributed by atoms with Crippen LogP contribution in [0.5, 0.6) is 11.5 Å². The van der Waals surface area contributed by atoms with Crippen molar-refractivity contribution in [3.63, 3.8) is 0 Å². The topological polar surface area (TPSA) is 65.8 Å². The molecule has 0 N–H and O–H groups in total. The van der Waals surface area contributed by atoms with Crippen LogP contribution in [0.4, 0.5) is 0 Å². The first-order chi connectivity index (χ1) is 14.7. The summed E-state index contributed by atoms with van der Waals surface area (Å²) < 4.78 is 17.9. The van der Waals surface area contributed by atoms with E-state index in [-0.39, 0.29) is 5.56 Å². The Morgan fingerprint density at radius 2 is 1.83 bits per heavy atom. The molecule has 0 amide bonds. The Labute approximate surface area is 179 Å². The first kappa shape index (κ1) is 20.7. The molecule has 0 atom stereocenters. The summed E-state index contributed by atoms with van der Waals surface area (Å²) in [6.07, 6.45) is 0. The second-order valence-corrected chi connectivity index (χ2v) is 7.96. The number of ether oxygens (including phenoxy) is 3. The van der Waals surface area contributed by atoms with Gasteiger partial charge >= 0.3 is 0 Å². The lowest BCUT2D eigenvalue weighted by atomic mass is 10.2. The Morgan fingerprint density at radius 3 is 2.60 bits per heavy atom. The van der Waals surface area contributed by atoms with Gasteiger partial charge in [0.15, 0.2) is 16.7 Å². The van der Waals surface area contributed by atoms with Gasteiger partial charge in [0.05, 0.1) is 44.0 Å². The predicted molar refractivity (Wildman–Crippen MR) is 118 cm³/mol. The summed E-state index contributed by atoms with van der Waals surface area (Å²) in [7, 11) is 3.18. The predicted octanol–water partition coefficient (Wildman–Crippen LogP) is 2.83. The molecule has 1 aliphatic rings. The molecule has 0 spiro atoms. The van der Waals surface area contributed by atoms with Crippen LogP contribution >= 0.6 is 11.8 Å². The van der Waals surface area contributed by atoms with Crippen molar-refractivity contribution >= 4 is 22.7 Å². The van der Waals surface area contributed by atoms with Crippen LogP contribution in [0.1, 0.15) is 0 Å². The first-order valence-corrected chi connectivity index (χ1v) is 10.9. The third kappa shape index (κ3) is 4.30. The Kier molecular flexibility index (Phi) is 6.56. The number of hydrogen-bond donors (Lipinski definition) is 0. The van der Waals surface area contributed by atoms with Gasteiger partial charge in [-0.25, -0.2) is 4.98 Å². The van der Waals surface area contributed by atoms with Crippen molar-refractivity contribution in [3.05, 3.63) is 52.8 Å². The quantitative estimate of drug-likeness (QED) is 0.424. The highest BCUT2D eigenvalue weighted by Crippen LogP contribution is 2.30. The second-order valence-electron chi connectivity index (χ2n) is 6.89. The Morgan fingerprint density at radius 1 is 1.07 bits per heavy atom. The maximum atomic E-state index is 13.4. The molecule has 0 radical (unpaired) electrons. The van der Waals surface area contributed by atoms with Gasteiger partial charge in [-0.2, -0.15) is 0 Å². The van der Waals surface area contributed by atoms with Crippen molar-refractivity contribution in [2.45, 2.75) is 5.16 Å². The number of nitrogens with zero attached hydrogens (tertiary/aromatic N) is 3. The Balaban J connectivity index is 1.72. The molecular formula is C22H25N3O4S. The molecule has 2 aromatic carbocycles. The van der Waals surface area contributed by atoms with E-state index < -0.39 is 0 Å². The van der Waals surface area contributed by atoms with Crippen LogP contribution in [0, 0.1) is 0 Å². The van der Waals surface area contributed by atoms with Crippen LogP contribution in [-0.4, -0.2) is 67.3 Å². The third-order valence-electron chi connectivity index (χ3n) is 5.11. The lowest BCUT2D eigenvalue weighted by Crippen LogP contribution is -2.37. The number of rotatable bonds is 7. The summed E-state index contributed by atoms with van der Waals surface area (Å²) in [6.45, 7) is 4.34. The summed E-state index contributed by atoms with van der Waals surface area (Å²) in [5.41, 5.74) is 1.31. The monoisotopic (exact) mass is 427 g/mol. The summed E-state index contributed by atoms with van der Waals surface area (Å²) in [5, 5.41) is 1.25. The van der Waals surface area contributed by atoms with E-state index in [1.807, 2.05) is 36.4 Å². The van der Waals surface area contributed by atoms with Crippen LogP contribution in [0.2, 0.25) is 0 Å². The number of benzene rings is 2. The maximum Gasteiger partial charge on any atom is 0.266 e. The van der Waals surface area contributed by atoms with E-state index >= 15 is 0 Å². The van der Waals surface area contributed by atoms with Gasteiger partial charge in [-0.3, -0.25) is 14.3 Å². The number of hydrogen-bond acceptors (Lipinski definition) is 7. The lowest BCUT2D eigenvalue weighted by molar-refractivity contribution is 0.0410. The molecule has 1 fully saturated rings. The summed E-state index contributed by atoms with van der Waals surface area (Å²) in [4.78, 5) is 20.6. The second kappa shape index (κ2) is 9.51. The highest BCUT2D eigenvalue weighted by molar-refractivity contribution is 7.99. The molecule has 0 bridgehead atoms. The molecule has 158 valence electrons. The Hall–Kier alpha value is -2.55. The highest BCUT2D eigenvalue weighted by atomic mass is 32.2. The first-order valence-electron chi connectivity index (χ1n) is 9.88. The van der Waals surface area contributed by atoms with Crippen LogP contribution in [0.3, 0.4) is 0 Å². The minimum Gasteiger partial charge on any atom is -0.493 e. The molecule has 1 aliphatic heterocycles. The Bertz CT molecular complexity index is 1080. The smallest absolute Gasteiger partial charge is 0.266 e. The van der Waals surface area contributed by atoms with Crippen molar-refractivity contribution in [1.82, 2.24) is 14.5 Å². The van der Waals surface area contributed by atoms with E-state index in [1.54, 1.807) is 36.6 Å². The molecule has 3 aromatic rings. The number of fused-ring (bicyclic) bond motifs is 1. The zero-order chi connectivity index (χ0) is 20.9. The summed E-state index contributed by atoms with van der Waals surface area (Å²) in [5.74, 6) is 2.02. The van der Waals surface area contributed by atoms with Crippen LogP contribution in [-0.2, 0) is 4.74 Å². The van der Waals surface area contributed by atoms with E-state index in [1.165, 1.54) is 0 Å². The van der Waals surface area contributed by atoms with Crippen molar-refractivity contribution in [3.8, 4) is 17.2 Å². The fourth-order valence-corrected chi connectivity index (χ4v) is 4.50. The third-order valence-corrected chi connectivity index (χ3v) is 6.03. The fraction of sp³-hybridized carbons (Fsp3) is 0.364. The minimum absolute atomic E-state index is 0.0957. The largest absolute Gasteiger partial charge is 0.493 e. The molecule has 0 unspecified atom stereocenters. The van der Waals surface area contributed by atoms with Crippen molar-refractivity contribution in [2.24, 2.45) is 0 Å². The molecule has 1 aromatic heterocycles. The van der Waals surface area contributed by atoms with Gasteiger partial charge in [-0.1, -0.05) is 23.9 Å². The molecule has 0 aliphatic carbocycles. The summed E-state index contributed by atoms with van der Waals surface area (Å²) in [6, 6.07) is 12.9. The van der Waals surface area contributed by atoms with Crippen LogP contribution in [0.15, 0.2) is 52.4 Å². The molecule has 8 heteroatoms. The summed E-state index contributed by atoms with van der Waals surface area (Å²) >= 11 is 1.59. The number of aromatic nitrogens is 2. The number of morpholine rings is 1. The van der Waals surface area contributed by atoms with Crippen molar-refractivity contribution in [2.75, 3.05) is 52.8 Å². The van der Waals surface area contributed by atoms with Crippen molar-refractivity contribution in [1.29, 1.82) is 0 Å². The number of methoxy groups -OCH3 is 2. The van der Waals surface area contributed by atoms with E-state index in [0.717, 1.165) is 38.6 Å². The van der Waals surface area contributed by atoms with E-state index in [0.29, 0.717) is 33.2 Å². The molecule has 4 rings (SSSR count). The number of thioether (sulfide) groups is 1. The zero-order valence-corrected chi connectivity index (χ0v) is 18.0. The van der Waals surface area contributed by atoms with Crippen molar-refractivity contribution < 1.29 is 14.2 Å². The van der Waals surface area contributed by atoms with E-state index in [2.05, 4.69) is 4.90 Å². The molecule has 1 saturated heterocycles. The molecule has 2 heterocycles. The normalized spacial score (nSPS) is 14.7. The van der Waals surface area contributed by atoms with Gasteiger partial charge in [0, 0.05) is 31.5 Å². The van der Waals surface area contributed by atoms with E-state index in [9.17, 15) is 4.79 Å². The molecular weight excluding hydrogens is 402 g/mol. The minimum atomic E-state index is -0.0957. The standard InChI is InChI=1S/C22H25N3O4S/c1-27-19-8-7-16(15-20(19)28-2)25-21(26)17-5-3-4-6-18(17)23-22(25)30-14-11-24-9-12-29-13-10-24/h3-8,15H,9-14H2,1-2H3. The lowest BCUT2D eigenvalue weighted by Gasteiger charge is -2.26. The van der Waals surface area contributed by atoms with Gasteiger partial charge in [0.25, 0.3) is 5.56 Å². The maximum absolute atomic E-state index is 13.4. The SMILES string of the molecule is COc1ccc(-n2c(SCCN3CCOCC3)nc3ccccc3c2=O)cc1OC. The van der Waals surface area contributed by atoms with Gasteiger partial charge in [-0.05, 0) is 24.3 Å². The van der Waals surface area contributed by atoms with Gasteiger partial charge in [0.1, 0.15) is 0 Å². The molecule has 0 saturated carbocycles. The van der Waals surface area contributed by atoms with Crippen LogP contribution < -0.4 is 15.0 Å². The number of para-hydroxylation sites is 1. The van der Waals surface area contributed by atoms with Gasteiger partial charge < -0.3 is 14.2 Å². The fourth-order valence-electron chi connectivity index (χ4n) is 3.49. The van der Waals surface area contributed by atoms with Gasteiger partial charge in [-0.15, -0.1) is 0 Å².